The van der Waals surface area contributed by atoms with Crippen molar-refractivity contribution in [2.45, 2.75) is 49.8 Å². The van der Waals surface area contributed by atoms with Crippen LogP contribution in [0.1, 0.15) is 25.8 Å². The Morgan fingerprint density at radius 1 is 1.12 bits per heavy atom. The van der Waals surface area contributed by atoms with E-state index in [2.05, 4.69) is 32.5 Å². The van der Waals surface area contributed by atoms with Gasteiger partial charge in [0.15, 0.2) is 5.13 Å². The Labute approximate surface area is 286 Å². The highest BCUT2D eigenvalue weighted by molar-refractivity contribution is 7.89. The maximum absolute atomic E-state index is 14.1. The number of nitrogens with zero attached hydrogens (tertiary/aromatic N) is 4. The largest absolute Gasteiger partial charge is 0.444 e. The molecule has 2 aliphatic rings. The maximum Gasteiger partial charge on any atom is 0.407 e. The number of alkyl carbamates (subject to hydrolysis) is 1. The first-order chi connectivity index (χ1) is 23.0. The molecule has 1 aromatic heterocycles. The normalized spacial score (nSPS) is 19.1. The molecule has 0 radical (unpaired) electrons. The van der Waals surface area contributed by atoms with Gasteiger partial charge in [-0.2, -0.15) is 4.31 Å². The molecular weight excluding hydrogens is 657 g/mol. The second-order valence-corrected chi connectivity index (χ2v) is 15.9. The van der Waals surface area contributed by atoms with E-state index in [4.69, 9.17) is 9.47 Å². The van der Waals surface area contributed by atoms with Crippen LogP contribution in [-0.4, -0.2) is 129 Å². The standard InChI is InChI=1S/C33H46N6O7S2/c1-23(2)19-39(20-29(40)28(17-24-7-5-4-6-8-24)35-33(42)46-25-11-16-45-22-25)48(43,44)26-9-10-27-30(18-26)47-32(34-27)36-31(41)21-38-14-12-37(3)13-15-38/h4-10,18,23,25,28-29,40H,11-17,19-22H2,1-3H3,(H,35,42)(H,34,36,41)/t25-,28-,29+/m0/s1. The van der Waals surface area contributed by atoms with Crippen LogP contribution in [0.25, 0.3) is 10.2 Å². The third-order valence-electron chi connectivity index (χ3n) is 8.39. The Bertz CT molecular complexity index is 1620. The van der Waals surface area contributed by atoms with Crippen molar-refractivity contribution in [2.75, 3.05) is 71.4 Å². The van der Waals surface area contributed by atoms with E-state index in [0.29, 0.717) is 35.0 Å². The van der Waals surface area contributed by atoms with Gasteiger partial charge in [0.05, 0.1) is 47.0 Å². The van der Waals surface area contributed by atoms with Crippen LogP contribution in [0.5, 0.6) is 0 Å². The van der Waals surface area contributed by atoms with Gasteiger partial charge in [-0.15, -0.1) is 0 Å². The molecule has 2 aromatic carbocycles. The quantitative estimate of drug-likeness (QED) is 0.229. The predicted octanol–water partition coefficient (Wildman–Crippen LogP) is 2.62. The summed E-state index contributed by atoms with van der Waals surface area (Å²) >= 11 is 1.21. The van der Waals surface area contributed by atoms with Crippen LogP contribution in [0.3, 0.4) is 0 Å². The first-order valence-electron chi connectivity index (χ1n) is 16.3. The lowest BCUT2D eigenvalue weighted by atomic mass is 10.0. The predicted molar refractivity (Wildman–Crippen MR) is 185 cm³/mol. The van der Waals surface area contributed by atoms with Crippen molar-refractivity contribution in [2.24, 2.45) is 5.92 Å². The van der Waals surface area contributed by atoms with Gasteiger partial charge in [0.1, 0.15) is 6.10 Å². The number of aliphatic hydroxyl groups is 1. The summed E-state index contributed by atoms with van der Waals surface area (Å²) in [6.07, 6.45) is -1.45. The molecule has 0 bridgehead atoms. The van der Waals surface area contributed by atoms with Gasteiger partial charge in [0.25, 0.3) is 0 Å². The lowest BCUT2D eigenvalue weighted by molar-refractivity contribution is -0.117. The number of carbonyl (C=O) groups excluding carboxylic acids is 2. The maximum atomic E-state index is 14.1. The van der Waals surface area contributed by atoms with Crippen LogP contribution in [0, 0.1) is 5.92 Å². The Morgan fingerprint density at radius 2 is 1.88 bits per heavy atom. The average Bonchev–Trinajstić information content (AvgIpc) is 3.70. The molecule has 13 nitrogen and oxygen atoms in total. The van der Waals surface area contributed by atoms with E-state index >= 15 is 0 Å². The molecule has 3 atom stereocenters. The van der Waals surface area contributed by atoms with Gasteiger partial charge in [0, 0.05) is 45.7 Å². The molecule has 3 N–H and O–H groups in total. The average molecular weight is 703 g/mol. The summed E-state index contributed by atoms with van der Waals surface area (Å²) < 4.78 is 40.9. The molecule has 0 saturated carbocycles. The van der Waals surface area contributed by atoms with E-state index in [9.17, 15) is 23.1 Å². The second kappa shape index (κ2) is 16.5. The van der Waals surface area contributed by atoms with E-state index in [1.165, 1.54) is 21.7 Å². The number of hydrogen-bond donors (Lipinski definition) is 3. The fourth-order valence-corrected chi connectivity index (χ4v) is 8.39. The summed E-state index contributed by atoms with van der Waals surface area (Å²) in [5.74, 6) is -0.211. The number of fused-ring (bicyclic) bond motifs is 1. The van der Waals surface area contributed by atoms with E-state index in [0.717, 1.165) is 31.7 Å². The van der Waals surface area contributed by atoms with E-state index in [1.54, 1.807) is 12.1 Å². The third-order valence-corrected chi connectivity index (χ3v) is 11.2. The van der Waals surface area contributed by atoms with Crippen molar-refractivity contribution in [1.29, 1.82) is 0 Å². The van der Waals surface area contributed by atoms with Crippen LogP contribution >= 0.6 is 11.3 Å². The lowest BCUT2D eigenvalue weighted by Gasteiger charge is -2.31. The highest BCUT2D eigenvalue weighted by Gasteiger charge is 2.32. The van der Waals surface area contributed by atoms with E-state index in [-0.39, 0.29) is 48.9 Å². The fraction of sp³-hybridized carbons (Fsp3) is 0.545. The number of nitrogens with one attached hydrogen (secondary N) is 2. The SMILES string of the molecule is CC(C)CN(C[C@@H](O)[C@H](Cc1ccccc1)NC(=O)O[C@H]1CCOC1)S(=O)(=O)c1ccc2nc(NC(=O)CN3CCN(C)CC3)sc2c1. The summed E-state index contributed by atoms with van der Waals surface area (Å²) in [5, 5.41) is 17.5. The minimum Gasteiger partial charge on any atom is -0.444 e. The van der Waals surface area contributed by atoms with Gasteiger partial charge in [0.2, 0.25) is 15.9 Å². The molecule has 48 heavy (non-hydrogen) atoms. The van der Waals surface area contributed by atoms with Crippen LogP contribution in [0.4, 0.5) is 9.93 Å². The van der Waals surface area contributed by atoms with Crippen molar-refractivity contribution >= 4 is 48.7 Å². The number of amides is 2. The first kappa shape index (κ1) is 36.1. The number of rotatable bonds is 14. The number of piperazine rings is 1. The number of anilines is 1. The van der Waals surface area contributed by atoms with Crippen LogP contribution in [0.15, 0.2) is 53.4 Å². The fourth-order valence-electron chi connectivity index (χ4n) is 5.74. The summed E-state index contributed by atoms with van der Waals surface area (Å²) in [4.78, 5) is 34.4. The minimum absolute atomic E-state index is 0.0471. The van der Waals surface area contributed by atoms with Gasteiger partial charge in [-0.05, 0) is 43.1 Å². The van der Waals surface area contributed by atoms with Gasteiger partial charge in [-0.25, -0.2) is 18.2 Å². The van der Waals surface area contributed by atoms with Gasteiger partial charge in [-0.1, -0.05) is 55.5 Å². The summed E-state index contributed by atoms with van der Waals surface area (Å²) in [6.45, 7) is 8.23. The van der Waals surface area contributed by atoms with Gasteiger partial charge in [-0.3, -0.25) is 9.69 Å². The molecule has 3 heterocycles. The lowest BCUT2D eigenvalue weighted by Crippen LogP contribution is -2.51. The highest BCUT2D eigenvalue weighted by Crippen LogP contribution is 2.30. The molecule has 5 rings (SSSR count). The summed E-state index contributed by atoms with van der Waals surface area (Å²) in [5.41, 5.74) is 1.44. The van der Waals surface area contributed by atoms with Crippen molar-refractivity contribution in [3.8, 4) is 0 Å². The van der Waals surface area contributed by atoms with E-state index < -0.39 is 28.3 Å². The minimum atomic E-state index is -4.08. The monoisotopic (exact) mass is 702 g/mol. The van der Waals surface area contributed by atoms with Crippen LogP contribution in [0.2, 0.25) is 0 Å². The first-order valence-corrected chi connectivity index (χ1v) is 18.6. The van der Waals surface area contributed by atoms with Crippen molar-refractivity contribution < 1.29 is 32.6 Å². The topological polar surface area (TPSA) is 154 Å². The smallest absolute Gasteiger partial charge is 0.407 e. The molecule has 2 aliphatic heterocycles. The number of ether oxygens (including phenoxy) is 2. The number of aliphatic hydroxyl groups excluding tert-OH is 1. The number of aromatic nitrogens is 1. The van der Waals surface area contributed by atoms with Crippen molar-refractivity contribution in [1.82, 2.24) is 24.4 Å². The molecule has 262 valence electrons. The number of benzene rings is 2. The Balaban J connectivity index is 1.30. The third kappa shape index (κ3) is 9.94. The second-order valence-electron chi connectivity index (χ2n) is 12.9. The molecule has 3 aromatic rings. The summed E-state index contributed by atoms with van der Waals surface area (Å²) in [7, 11) is -2.02. The molecule has 0 unspecified atom stereocenters. The van der Waals surface area contributed by atoms with Crippen LogP contribution < -0.4 is 10.6 Å². The molecule has 2 saturated heterocycles. The zero-order valence-corrected chi connectivity index (χ0v) is 29.3. The number of sulfonamides is 1. The molecule has 15 heteroatoms. The Hall–Kier alpha value is -3.18. The number of hydrogen-bond acceptors (Lipinski definition) is 11. The van der Waals surface area contributed by atoms with E-state index in [1.807, 2.05) is 44.2 Å². The number of thiazole rings is 1. The zero-order valence-electron chi connectivity index (χ0n) is 27.7. The molecule has 2 amide bonds. The highest BCUT2D eigenvalue weighted by atomic mass is 32.2. The summed E-state index contributed by atoms with van der Waals surface area (Å²) in [6, 6.07) is 13.2. The molecular formula is C33H46N6O7S2. The van der Waals surface area contributed by atoms with Gasteiger partial charge >= 0.3 is 6.09 Å². The zero-order chi connectivity index (χ0) is 34.3. The van der Waals surface area contributed by atoms with Gasteiger partial charge < -0.3 is 30.1 Å². The number of likely N-dealkylation sites (N-methyl/N-ethyl adjacent to an activating group) is 1. The molecule has 2 fully saturated rings. The Kier molecular flexibility index (Phi) is 12.4. The van der Waals surface area contributed by atoms with Crippen molar-refractivity contribution in [3.63, 3.8) is 0 Å². The Morgan fingerprint density at radius 3 is 2.56 bits per heavy atom. The molecule has 0 aliphatic carbocycles. The van der Waals surface area contributed by atoms with Crippen LogP contribution in [-0.2, 0) is 30.7 Å². The van der Waals surface area contributed by atoms with Crippen molar-refractivity contribution in [3.05, 3.63) is 54.1 Å². The molecule has 0 spiro atoms. The number of carbonyl (C=O) groups is 2.